The lowest BCUT2D eigenvalue weighted by atomic mass is 9.97. The summed E-state index contributed by atoms with van der Waals surface area (Å²) in [5, 5.41) is 8.84. The summed E-state index contributed by atoms with van der Waals surface area (Å²) < 4.78 is 34.0. The molecule has 0 spiro atoms. The third-order valence-electron chi connectivity index (χ3n) is 4.87. The van der Waals surface area contributed by atoms with Crippen LogP contribution in [0.4, 0.5) is 0 Å². The third kappa shape index (κ3) is 3.37. The van der Waals surface area contributed by atoms with Crippen LogP contribution in [-0.2, 0) is 14.8 Å². The predicted octanol–water partition coefficient (Wildman–Crippen LogP) is 2.32. The molecule has 0 bridgehead atoms. The van der Waals surface area contributed by atoms with Crippen molar-refractivity contribution in [2.45, 2.75) is 17.7 Å². The molecule has 0 radical (unpaired) electrons. The zero-order chi connectivity index (χ0) is 19.7. The van der Waals surface area contributed by atoms with Gasteiger partial charge in [0.05, 0.1) is 17.6 Å². The molecular formula is C20H17N3O4S. The molecule has 1 saturated heterocycles. The fourth-order valence-electron chi connectivity index (χ4n) is 3.48. The van der Waals surface area contributed by atoms with Crippen LogP contribution in [0, 0.1) is 17.2 Å². The molecule has 2 aliphatic heterocycles. The number of nitrogens with zero attached hydrogens (tertiary/aromatic N) is 3. The molecule has 1 atom stereocenters. The lowest BCUT2D eigenvalue weighted by Gasteiger charge is -2.32. The maximum atomic E-state index is 12.6. The van der Waals surface area contributed by atoms with Gasteiger partial charge in [-0.05, 0) is 49.2 Å². The molecule has 0 saturated carbocycles. The summed E-state index contributed by atoms with van der Waals surface area (Å²) in [6.45, 7) is 0.973. The van der Waals surface area contributed by atoms with Crippen molar-refractivity contribution in [1.82, 2.24) is 4.90 Å². The van der Waals surface area contributed by atoms with E-state index in [2.05, 4.69) is 4.40 Å². The van der Waals surface area contributed by atoms with Crippen LogP contribution in [0.1, 0.15) is 24.0 Å². The van der Waals surface area contributed by atoms with E-state index in [1.807, 2.05) is 11.0 Å². The van der Waals surface area contributed by atoms with Gasteiger partial charge in [0.15, 0.2) is 5.84 Å². The Morgan fingerprint density at radius 3 is 2.68 bits per heavy atom. The summed E-state index contributed by atoms with van der Waals surface area (Å²) in [5.41, 5.74) is 1.06. The highest BCUT2D eigenvalue weighted by atomic mass is 32.2. The van der Waals surface area contributed by atoms with Crippen molar-refractivity contribution >= 4 is 21.8 Å². The first-order chi connectivity index (χ1) is 13.5. The normalized spacial score (nSPS) is 20.0. The van der Waals surface area contributed by atoms with Crippen LogP contribution in [0.3, 0.4) is 0 Å². The van der Waals surface area contributed by atoms with Crippen molar-refractivity contribution in [3.05, 3.63) is 59.7 Å². The second kappa shape index (κ2) is 7.09. The number of hydrogen-bond donors (Lipinski definition) is 0. The minimum atomic E-state index is -3.69. The monoisotopic (exact) mass is 395 g/mol. The molecule has 142 valence electrons. The van der Waals surface area contributed by atoms with Gasteiger partial charge in [0.2, 0.25) is 0 Å². The average molecular weight is 395 g/mol. The van der Waals surface area contributed by atoms with E-state index in [0.717, 1.165) is 6.42 Å². The SMILES string of the molecule is N#Cc1ccc(OC(=O)[C@H]2CCCN(C3=NS(=O)(=O)c4ccccc43)C2)cc1. The van der Waals surface area contributed by atoms with Gasteiger partial charge in [-0.3, -0.25) is 4.79 Å². The van der Waals surface area contributed by atoms with Crippen molar-refractivity contribution in [2.24, 2.45) is 10.3 Å². The number of hydrogen-bond acceptors (Lipinski definition) is 6. The number of amidine groups is 1. The van der Waals surface area contributed by atoms with Crippen LogP contribution in [0.5, 0.6) is 5.75 Å². The van der Waals surface area contributed by atoms with Gasteiger partial charge in [0.25, 0.3) is 10.0 Å². The maximum Gasteiger partial charge on any atom is 0.316 e. The molecule has 2 aromatic carbocycles. The van der Waals surface area contributed by atoms with Crippen LogP contribution < -0.4 is 4.74 Å². The Morgan fingerprint density at radius 1 is 1.18 bits per heavy atom. The van der Waals surface area contributed by atoms with Crippen molar-refractivity contribution in [1.29, 1.82) is 5.26 Å². The number of carbonyl (C=O) groups is 1. The van der Waals surface area contributed by atoms with Crippen LogP contribution in [-0.4, -0.2) is 38.2 Å². The first kappa shape index (κ1) is 18.2. The third-order valence-corrected chi connectivity index (χ3v) is 6.19. The Balaban J connectivity index is 1.50. The number of piperidine rings is 1. The zero-order valence-corrected chi connectivity index (χ0v) is 15.7. The highest BCUT2D eigenvalue weighted by Gasteiger charge is 2.35. The van der Waals surface area contributed by atoms with Crippen molar-refractivity contribution in [2.75, 3.05) is 13.1 Å². The van der Waals surface area contributed by atoms with Gasteiger partial charge in [-0.15, -0.1) is 4.40 Å². The standard InChI is InChI=1S/C20H17N3O4S/c21-12-14-7-9-16(10-8-14)27-20(24)15-4-3-11-23(13-15)19-17-5-1-2-6-18(17)28(25,26)22-19/h1-2,5-10,15H,3-4,11,13H2/t15-/m0/s1. The number of sulfonamides is 1. The molecule has 0 aliphatic carbocycles. The molecule has 7 nitrogen and oxygen atoms in total. The van der Waals surface area contributed by atoms with E-state index >= 15 is 0 Å². The van der Waals surface area contributed by atoms with E-state index in [-0.39, 0.29) is 16.8 Å². The summed E-state index contributed by atoms with van der Waals surface area (Å²) in [7, 11) is -3.69. The Kier molecular flexibility index (Phi) is 4.61. The fourth-order valence-corrected chi connectivity index (χ4v) is 4.70. The van der Waals surface area contributed by atoms with E-state index in [1.54, 1.807) is 48.5 Å². The summed E-state index contributed by atoms with van der Waals surface area (Å²) >= 11 is 0. The predicted molar refractivity (Wildman–Crippen MR) is 101 cm³/mol. The molecule has 4 rings (SSSR count). The Labute approximate surface area is 162 Å². The highest BCUT2D eigenvalue weighted by Crippen LogP contribution is 2.30. The van der Waals surface area contributed by atoms with Gasteiger partial charge in [0.1, 0.15) is 10.6 Å². The molecular weight excluding hydrogens is 378 g/mol. The molecule has 1 fully saturated rings. The smallest absolute Gasteiger partial charge is 0.316 e. The number of fused-ring (bicyclic) bond motifs is 1. The maximum absolute atomic E-state index is 12.6. The quantitative estimate of drug-likeness (QED) is 0.571. The van der Waals surface area contributed by atoms with Gasteiger partial charge in [0, 0.05) is 18.7 Å². The van der Waals surface area contributed by atoms with Gasteiger partial charge >= 0.3 is 5.97 Å². The van der Waals surface area contributed by atoms with Gasteiger partial charge in [-0.2, -0.15) is 13.7 Å². The van der Waals surface area contributed by atoms with Crippen molar-refractivity contribution < 1.29 is 17.9 Å². The number of likely N-dealkylation sites (tertiary alicyclic amines) is 1. The van der Waals surface area contributed by atoms with Crippen LogP contribution in [0.2, 0.25) is 0 Å². The molecule has 0 aromatic heterocycles. The van der Waals surface area contributed by atoms with Crippen LogP contribution >= 0.6 is 0 Å². The lowest BCUT2D eigenvalue weighted by Crippen LogP contribution is -2.43. The first-order valence-corrected chi connectivity index (χ1v) is 10.3. The van der Waals surface area contributed by atoms with E-state index in [9.17, 15) is 13.2 Å². The number of carbonyl (C=O) groups excluding carboxylic acids is 1. The van der Waals surface area contributed by atoms with Gasteiger partial charge in [-0.1, -0.05) is 12.1 Å². The van der Waals surface area contributed by atoms with Crippen molar-refractivity contribution in [3.8, 4) is 11.8 Å². The summed E-state index contributed by atoms with van der Waals surface area (Å²) in [6.07, 6.45) is 1.39. The largest absolute Gasteiger partial charge is 0.426 e. The van der Waals surface area contributed by atoms with E-state index in [0.29, 0.717) is 42.2 Å². The van der Waals surface area contributed by atoms with Gasteiger partial charge < -0.3 is 9.64 Å². The number of ether oxygens (including phenoxy) is 1. The molecule has 2 aliphatic rings. The van der Waals surface area contributed by atoms with E-state index in [4.69, 9.17) is 10.00 Å². The first-order valence-electron chi connectivity index (χ1n) is 8.89. The lowest BCUT2D eigenvalue weighted by molar-refractivity contribution is -0.140. The average Bonchev–Trinajstić information content (AvgIpc) is 3.00. The molecule has 28 heavy (non-hydrogen) atoms. The van der Waals surface area contributed by atoms with Gasteiger partial charge in [-0.25, -0.2) is 0 Å². The molecule has 0 N–H and O–H groups in total. The number of esters is 1. The Hall–Kier alpha value is -3.18. The number of nitriles is 1. The Bertz CT molecular complexity index is 1100. The fraction of sp³-hybridized carbons (Fsp3) is 0.250. The second-order valence-corrected chi connectivity index (χ2v) is 8.30. The summed E-state index contributed by atoms with van der Waals surface area (Å²) in [5.74, 6) is 0.0189. The Morgan fingerprint density at radius 2 is 1.93 bits per heavy atom. The molecule has 2 heterocycles. The number of rotatable bonds is 2. The molecule has 2 aromatic rings. The summed E-state index contributed by atoms with van der Waals surface area (Å²) in [6, 6.07) is 15.1. The summed E-state index contributed by atoms with van der Waals surface area (Å²) in [4.78, 5) is 14.6. The minimum Gasteiger partial charge on any atom is -0.426 e. The molecule has 0 unspecified atom stereocenters. The van der Waals surface area contributed by atoms with Crippen molar-refractivity contribution in [3.63, 3.8) is 0 Å². The second-order valence-electron chi connectivity index (χ2n) is 6.73. The highest BCUT2D eigenvalue weighted by molar-refractivity contribution is 7.90. The van der Waals surface area contributed by atoms with E-state index < -0.39 is 10.0 Å². The molecule has 8 heteroatoms. The van der Waals surface area contributed by atoms with Crippen LogP contribution in [0.25, 0.3) is 0 Å². The topological polar surface area (TPSA) is 99.8 Å². The zero-order valence-electron chi connectivity index (χ0n) is 14.9. The molecule has 0 amide bonds. The minimum absolute atomic E-state index is 0.201. The van der Waals surface area contributed by atoms with E-state index in [1.165, 1.54) is 0 Å². The number of benzene rings is 2. The van der Waals surface area contributed by atoms with Crippen LogP contribution in [0.15, 0.2) is 57.8 Å².